The van der Waals surface area contributed by atoms with Crippen molar-refractivity contribution >= 4 is 21.4 Å². The van der Waals surface area contributed by atoms with Gasteiger partial charge in [-0.25, -0.2) is 0 Å². The fraction of sp³-hybridized carbons (Fsp3) is 0.571. The molecule has 0 heterocycles. The van der Waals surface area contributed by atoms with Gasteiger partial charge in [0, 0.05) is 0 Å². The summed E-state index contributed by atoms with van der Waals surface area (Å²) in [5, 5.41) is 4.72. The van der Waals surface area contributed by atoms with Crippen LogP contribution in [0.4, 0.5) is 0 Å². The first kappa shape index (κ1) is 37.2. The predicted octanol–water partition coefficient (Wildman–Crippen LogP) is 12.7. The molecule has 3 aromatic rings. The molecule has 0 atom stereocenters. The van der Waals surface area contributed by atoms with E-state index in [0.717, 1.165) is 17.5 Å². The number of hydrogen-bond acceptors (Lipinski definition) is 0. The summed E-state index contributed by atoms with van der Waals surface area (Å²) in [6, 6.07) is 34.4. The van der Waals surface area contributed by atoms with E-state index < -0.39 is 5.45 Å². The second kappa shape index (κ2) is 24.9. The molecular weight excluding hydrogens is 642 g/mol. The molecule has 2 heteroatoms. The van der Waals surface area contributed by atoms with Gasteiger partial charge in [-0.3, -0.25) is 0 Å². The Hall–Kier alpha value is -1.25. The molecule has 0 bridgehead atoms. The van der Waals surface area contributed by atoms with E-state index in [1.54, 1.807) is 15.9 Å². The van der Waals surface area contributed by atoms with E-state index in [-0.39, 0.29) is 0 Å². The number of rotatable bonds is 27. The maximum atomic E-state index is 2.41. The van der Waals surface area contributed by atoms with Gasteiger partial charge in [0.2, 0.25) is 0 Å². The van der Waals surface area contributed by atoms with E-state index in [2.05, 4.69) is 97.9 Å². The van der Waals surface area contributed by atoms with Crippen LogP contribution in [0.25, 0.3) is 0 Å². The normalized spacial score (nSPS) is 12.1. The molecule has 0 aliphatic rings. The van der Waals surface area contributed by atoms with Crippen molar-refractivity contribution in [3.8, 4) is 0 Å². The summed E-state index contributed by atoms with van der Waals surface area (Å²) < 4.78 is 0. The Kier molecular flexibility index (Phi) is 21.1. The van der Waals surface area contributed by atoms with Gasteiger partial charge in [-0.1, -0.05) is 77.6 Å². The van der Waals surface area contributed by atoms with Crippen molar-refractivity contribution in [3.63, 3.8) is 0 Å². The van der Waals surface area contributed by atoms with Crippen LogP contribution < -0.4 is 15.9 Å². The SMILES string of the molecule is CCCCCCCCCCCCCCCCCCCCCCC[CH2][Pd][PH](c1ccccc1)(c1ccccc1)c1ccccc1. The molecule has 0 nitrogen and oxygen atoms in total. The summed E-state index contributed by atoms with van der Waals surface area (Å²) in [4.78, 5) is 1.37. The van der Waals surface area contributed by atoms with E-state index in [1.807, 2.05) is 0 Å². The molecule has 44 heavy (non-hydrogen) atoms. The Bertz CT molecular complexity index is 938. The third-order valence-electron chi connectivity index (χ3n) is 9.17. The Morgan fingerprint density at radius 1 is 0.341 bits per heavy atom. The molecule has 0 saturated carbocycles. The fourth-order valence-electron chi connectivity index (χ4n) is 6.53. The van der Waals surface area contributed by atoms with Crippen LogP contribution in [-0.4, -0.2) is 0 Å². The van der Waals surface area contributed by atoms with E-state index in [4.69, 9.17) is 0 Å². The number of unbranched alkanes of at least 4 members (excludes halogenated alkanes) is 21. The molecule has 0 unspecified atom stereocenters. The zero-order valence-corrected chi connectivity index (χ0v) is 30.8. The second-order valence-electron chi connectivity index (χ2n) is 12.9. The van der Waals surface area contributed by atoms with Crippen molar-refractivity contribution in [2.45, 2.75) is 153 Å². The van der Waals surface area contributed by atoms with Gasteiger partial charge in [-0.15, -0.1) is 0 Å². The third-order valence-corrected chi connectivity index (χ3v) is 21.2. The van der Waals surface area contributed by atoms with E-state index >= 15 is 0 Å². The van der Waals surface area contributed by atoms with Gasteiger partial charge in [-0.05, 0) is 0 Å². The summed E-state index contributed by atoms with van der Waals surface area (Å²) in [7, 11) is 0. The van der Waals surface area contributed by atoms with Crippen LogP contribution in [0.2, 0.25) is 4.89 Å². The van der Waals surface area contributed by atoms with Crippen LogP contribution in [0.3, 0.4) is 0 Å². The molecule has 0 aromatic heterocycles. The number of hydrogen-bond donors (Lipinski definition) is 0. The monoisotopic (exact) mass is 706 g/mol. The molecule has 248 valence electrons. The average Bonchev–Trinajstić information content (AvgIpc) is 3.08. The van der Waals surface area contributed by atoms with E-state index in [1.165, 1.54) is 146 Å². The molecule has 0 spiro atoms. The Balaban J connectivity index is 1.21. The molecular formula is C42H65PPd. The van der Waals surface area contributed by atoms with Crippen LogP contribution in [-0.2, 0) is 17.5 Å². The second-order valence-corrected chi connectivity index (χ2v) is 22.0. The predicted molar refractivity (Wildman–Crippen MR) is 199 cm³/mol. The summed E-state index contributed by atoms with van der Waals surface area (Å²) in [5.74, 6) is 0. The van der Waals surface area contributed by atoms with Gasteiger partial charge in [-0.2, -0.15) is 0 Å². The van der Waals surface area contributed by atoms with Gasteiger partial charge in [0.05, 0.1) is 0 Å². The molecule has 0 aliphatic carbocycles. The van der Waals surface area contributed by atoms with Crippen molar-refractivity contribution in [3.05, 3.63) is 91.0 Å². The van der Waals surface area contributed by atoms with Crippen molar-refractivity contribution in [1.82, 2.24) is 0 Å². The minimum atomic E-state index is -1.99. The van der Waals surface area contributed by atoms with Gasteiger partial charge >= 0.3 is 205 Å². The van der Waals surface area contributed by atoms with Crippen molar-refractivity contribution in [2.24, 2.45) is 0 Å². The zero-order valence-electron chi connectivity index (χ0n) is 28.2. The van der Waals surface area contributed by atoms with Gasteiger partial charge in [0.1, 0.15) is 0 Å². The maximum absolute atomic E-state index is 2.41. The van der Waals surface area contributed by atoms with Gasteiger partial charge in [0.15, 0.2) is 0 Å². The standard InChI is InChI=1S/C24H49.C18H15P.Pd/c1-3-5-7-9-11-13-15-17-19-21-23-24-22-20-18-16-14-12-10-8-6-4-2;1-4-10-16(11-5-1)19(17-12-6-2-7-13-17)18-14-8-3-9-15-18;/h1,3-24H2,2H3;1-15H;/q;;-1/p+1. The molecule has 3 aromatic carbocycles. The number of benzene rings is 3. The molecule has 0 aliphatic heterocycles. The minimum absolute atomic E-state index is 0.718. The summed E-state index contributed by atoms with van der Waals surface area (Å²) in [6.07, 6.45) is 31.9. The molecule has 0 N–H and O–H groups in total. The molecule has 0 amide bonds. The average molecular weight is 707 g/mol. The van der Waals surface area contributed by atoms with Gasteiger partial charge < -0.3 is 0 Å². The Labute approximate surface area is 281 Å². The fourth-order valence-corrected chi connectivity index (χ4v) is 18.3. The van der Waals surface area contributed by atoms with Crippen molar-refractivity contribution in [1.29, 1.82) is 0 Å². The Morgan fingerprint density at radius 3 is 0.864 bits per heavy atom. The first-order chi connectivity index (χ1) is 21.9. The van der Waals surface area contributed by atoms with E-state index in [0.29, 0.717) is 0 Å². The summed E-state index contributed by atoms with van der Waals surface area (Å²) >= 11 is 0.718. The van der Waals surface area contributed by atoms with Crippen LogP contribution in [0.15, 0.2) is 91.0 Å². The third kappa shape index (κ3) is 14.5. The van der Waals surface area contributed by atoms with Crippen LogP contribution >= 0.6 is 5.45 Å². The van der Waals surface area contributed by atoms with E-state index in [9.17, 15) is 0 Å². The molecule has 0 fully saturated rings. The van der Waals surface area contributed by atoms with Crippen LogP contribution in [0.5, 0.6) is 0 Å². The van der Waals surface area contributed by atoms with Crippen molar-refractivity contribution < 1.29 is 17.5 Å². The Morgan fingerprint density at radius 2 is 0.591 bits per heavy atom. The van der Waals surface area contributed by atoms with Gasteiger partial charge in [0.25, 0.3) is 0 Å². The van der Waals surface area contributed by atoms with Crippen LogP contribution in [0, 0.1) is 0 Å². The quantitative estimate of drug-likeness (QED) is 0.0420. The van der Waals surface area contributed by atoms with Crippen LogP contribution in [0.1, 0.15) is 148 Å². The molecule has 0 radical (unpaired) electrons. The first-order valence-corrected chi connectivity index (χ1v) is 23.8. The molecule has 0 saturated heterocycles. The topological polar surface area (TPSA) is 0 Å². The first-order valence-electron chi connectivity index (χ1n) is 18.6. The zero-order chi connectivity index (χ0) is 30.8. The summed E-state index contributed by atoms with van der Waals surface area (Å²) in [6.45, 7) is 2.31. The molecule has 3 rings (SSSR count). The summed E-state index contributed by atoms with van der Waals surface area (Å²) in [5.41, 5.74) is -1.99. The van der Waals surface area contributed by atoms with Crippen molar-refractivity contribution in [2.75, 3.05) is 0 Å².